The van der Waals surface area contributed by atoms with E-state index in [1.165, 1.54) is 57.1 Å². The zero-order chi connectivity index (χ0) is 21.5. The summed E-state index contributed by atoms with van der Waals surface area (Å²) >= 11 is 2.37. The van der Waals surface area contributed by atoms with Crippen LogP contribution in [0.3, 0.4) is 0 Å². The van der Waals surface area contributed by atoms with Gasteiger partial charge in [-0.1, -0.05) is 74.4 Å². The molecule has 0 atom stereocenters. The van der Waals surface area contributed by atoms with E-state index in [1.54, 1.807) is 0 Å². The van der Waals surface area contributed by atoms with E-state index in [0.717, 1.165) is 12.2 Å². The molecule has 2 nitrogen and oxygen atoms in total. The molecule has 0 amide bonds. The maximum Gasteiger partial charge on any atom is 0.139 e. The van der Waals surface area contributed by atoms with Crippen molar-refractivity contribution in [1.82, 2.24) is 5.32 Å². The van der Waals surface area contributed by atoms with Crippen LogP contribution in [-0.2, 0) is 0 Å². The maximum atomic E-state index is 5.97. The van der Waals surface area contributed by atoms with Gasteiger partial charge in [-0.15, -0.1) is 0 Å². The predicted molar refractivity (Wildman–Crippen MR) is 139 cm³/mol. The van der Waals surface area contributed by atoms with Crippen molar-refractivity contribution >= 4 is 33.7 Å². The highest BCUT2D eigenvalue weighted by Gasteiger charge is 2.15. The molecule has 3 heteroatoms. The molecule has 3 aromatic carbocycles. The Labute approximate surface area is 199 Å². The molecule has 0 unspecified atom stereocenters. The van der Waals surface area contributed by atoms with Gasteiger partial charge < -0.3 is 4.74 Å². The third-order valence-electron chi connectivity index (χ3n) is 6.02. The fourth-order valence-corrected chi connectivity index (χ4v) is 4.75. The second-order valence-electron chi connectivity index (χ2n) is 8.08. The Morgan fingerprint density at radius 3 is 2.06 bits per heavy atom. The highest BCUT2D eigenvalue weighted by Crippen LogP contribution is 2.35. The van der Waals surface area contributed by atoms with Crippen LogP contribution in [0.4, 0.5) is 0 Å². The van der Waals surface area contributed by atoms with Crippen LogP contribution in [0.25, 0.3) is 11.1 Å². The molecule has 0 heterocycles. The Morgan fingerprint density at radius 2 is 1.45 bits per heavy atom. The molecule has 1 fully saturated rings. The number of allylic oxidation sites excluding steroid dienone is 1. The van der Waals surface area contributed by atoms with Gasteiger partial charge in [-0.2, -0.15) is 0 Å². The van der Waals surface area contributed by atoms with Crippen LogP contribution in [0.1, 0.15) is 55.7 Å². The van der Waals surface area contributed by atoms with Crippen molar-refractivity contribution in [3.8, 4) is 5.75 Å². The van der Waals surface area contributed by atoms with Gasteiger partial charge in [0.25, 0.3) is 0 Å². The molecule has 0 bridgehead atoms. The number of ether oxygens (including phenoxy) is 1. The second kappa shape index (κ2) is 11.0. The fourth-order valence-electron chi connectivity index (χ4n) is 4.39. The van der Waals surface area contributed by atoms with Gasteiger partial charge >= 0.3 is 0 Å². The highest BCUT2D eigenvalue weighted by atomic mass is 127. The quantitative estimate of drug-likeness (QED) is 0.187. The van der Waals surface area contributed by atoms with E-state index in [4.69, 9.17) is 4.74 Å². The average Bonchev–Trinajstić information content (AvgIpc) is 3.33. The number of hydrogen-bond acceptors (Lipinski definition) is 2. The number of halogens is 1. The van der Waals surface area contributed by atoms with Crippen LogP contribution < -0.4 is 10.1 Å². The number of nitrogens with one attached hydrogen (secondary N) is 1. The molecule has 1 aliphatic rings. The van der Waals surface area contributed by atoms with Crippen molar-refractivity contribution in [2.45, 2.75) is 45.1 Å². The first-order valence-electron chi connectivity index (χ1n) is 11.3. The molecule has 0 spiro atoms. The van der Waals surface area contributed by atoms with Crippen molar-refractivity contribution in [1.29, 1.82) is 0 Å². The number of benzene rings is 3. The largest absolute Gasteiger partial charge is 0.478 e. The van der Waals surface area contributed by atoms with E-state index in [-0.39, 0.29) is 0 Å². The molecule has 0 aliphatic heterocycles. The molecular formula is C28H30INO. The molecule has 1 saturated carbocycles. The summed E-state index contributed by atoms with van der Waals surface area (Å²) in [6, 6.07) is 28.7. The van der Waals surface area contributed by atoms with Crippen molar-refractivity contribution < 1.29 is 4.74 Å². The van der Waals surface area contributed by atoms with Gasteiger partial charge in [0, 0.05) is 9.61 Å². The van der Waals surface area contributed by atoms with Gasteiger partial charge in [0.05, 0.1) is 0 Å². The molecule has 31 heavy (non-hydrogen) atoms. The SMILES string of the molecule is CCC(=C(c1ccc(I)cc1)c1ccc(OCNC2CCCC2)cc1)c1ccccc1. The standard InChI is InChI=1S/C28H30INO/c1-2-27(21-8-4-3-5-9-21)28(22-12-16-24(29)17-13-22)23-14-18-26(19-15-23)31-20-30-25-10-6-7-11-25/h3-5,8-9,12-19,25,30H,2,6-7,10-11,20H2,1H3. The topological polar surface area (TPSA) is 21.3 Å². The van der Waals surface area contributed by atoms with E-state index < -0.39 is 0 Å². The summed E-state index contributed by atoms with van der Waals surface area (Å²) in [6.45, 7) is 2.81. The third kappa shape index (κ3) is 5.78. The monoisotopic (exact) mass is 523 g/mol. The highest BCUT2D eigenvalue weighted by molar-refractivity contribution is 14.1. The first-order chi connectivity index (χ1) is 15.2. The normalized spacial score (nSPS) is 15.0. The van der Waals surface area contributed by atoms with Gasteiger partial charge in [0.1, 0.15) is 12.5 Å². The van der Waals surface area contributed by atoms with E-state index in [9.17, 15) is 0 Å². The minimum Gasteiger partial charge on any atom is -0.478 e. The molecule has 3 aromatic rings. The maximum absolute atomic E-state index is 5.97. The summed E-state index contributed by atoms with van der Waals surface area (Å²) in [7, 11) is 0. The lowest BCUT2D eigenvalue weighted by Gasteiger charge is -2.17. The third-order valence-corrected chi connectivity index (χ3v) is 6.74. The Kier molecular flexibility index (Phi) is 7.81. The molecule has 1 aliphatic carbocycles. The lowest BCUT2D eigenvalue weighted by molar-refractivity contribution is 0.263. The summed E-state index contributed by atoms with van der Waals surface area (Å²) < 4.78 is 7.21. The van der Waals surface area contributed by atoms with Crippen LogP contribution in [0.5, 0.6) is 5.75 Å². The first kappa shape index (κ1) is 22.1. The van der Waals surface area contributed by atoms with Crippen molar-refractivity contribution in [3.63, 3.8) is 0 Å². The van der Waals surface area contributed by atoms with E-state index >= 15 is 0 Å². The van der Waals surface area contributed by atoms with Crippen LogP contribution in [0.15, 0.2) is 78.9 Å². The lowest BCUT2D eigenvalue weighted by Crippen LogP contribution is -2.29. The summed E-state index contributed by atoms with van der Waals surface area (Å²) in [5, 5.41) is 3.52. The molecule has 0 saturated heterocycles. The van der Waals surface area contributed by atoms with Crippen molar-refractivity contribution in [2.75, 3.05) is 6.73 Å². The second-order valence-corrected chi connectivity index (χ2v) is 9.32. The smallest absolute Gasteiger partial charge is 0.139 e. The number of hydrogen-bond donors (Lipinski definition) is 1. The van der Waals surface area contributed by atoms with Crippen LogP contribution in [-0.4, -0.2) is 12.8 Å². The van der Waals surface area contributed by atoms with E-state index in [2.05, 4.69) is 114 Å². The average molecular weight is 523 g/mol. The molecule has 0 aromatic heterocycles. The van der Waals surface area contributed by atoms with Gasteiger partial charge in [-0.05, 0) is 94.0 Å². The molecule has 4 rings (SSSR count). The zero-order valence-corrected chi connectivity index (χ0v) is 20.3. The predicted octanol–water partition coefficient (Wildman–Crippen LogP) is 7.53. The van der Waals surface area contributed by atoms with Crippen molar-refractivity contribution in [2.24, 2.45) is 0 Å². The van der Waals surface area contributed by atoms with Gasteiger partial charge in [-0.25, -0.2) is 0 Å². The summed E-state index contributed by atoms with van der Waals surface area (Å²) in [6.07, 6.45) is 6.18. The Hall–Kier alpha value is -2.11. The van der Waals surface area contributed by atoms with Crippen molar-refractivity contribution in [3.05, 3.63) is 99.1 Å². The van der Waals surface area contributed by atoms with Crippen LogP contribution in [0, 0.1) is 3.57 Å². The molecule has 0 radical (unpaired) electrons. The van der Waals surface area contributed by atoms with E-state index in [0.29, 0.717) is 12.8 Å². The van der Waals surface area contributed by atoms with E-state index in [1.807, 2.05) is 0 Å². The minimum atomic E-state index is 0.577. The number of rotatable bonds is 8. The molecule has 160 valence electrons. The van der Waals surface area contributed by atoms with Gasteiger partial charge in [0.2, 0.25) is 0 Å². The Balaban J connectivity index is 1.62. The summed E-state index contributed by atoms with van der Waals surface area (Å²) in [5.74, 6) is 0.911. The summed E-state index contributed by atoms with van der Waals surface area (Å²) in [5.41, 5.74) is 6.40. The van der Waals surface area contributed by atoms with Gasteiger partial charge in [0.15, 0.2) is 0 Å². The first-order valence-corrected chi connectivity index (χ1v) is 12.3. The van der Waals surface area contributed by atoms with Crippen LogP contribution >= 0.6 is 22.6 Å². The Bertz CT molecular complexity index is 987. The Morgan fingerprint density at radius 1 is 0.839 bits per heavy atom. The zero-order valence-electron chi connectivity index (χ0n) is 18.1. The lowest BCUT2D eigenvalue weighted by atomic mass is 9.88. The minimum absolute atomic E-state index is 0.577. The fraction of sp³-hybridized carbons (Fsp3) is 0.286. The van der Waals surface area contributed by atoms with Crippen LogP contribution in [0.2, 0.25) is 0 Å². The molecular weight excluding hydrogens is 493 g/mol. The van der Waals surface area contributed by atoms with Gasteiger partial charge in [-0.3, -0.25) is 5.32 Å². The molecule has 1 N–H and O–H groups in total. The summed E-state index contributed by atoms with van der Waals surface area (Å²) in [4.78, 5) is 0.